The van der Waals surface area contributed by atoms with Gasteiger partial charge in [-0.2, -0.15) is 0 Å². The third kappa shape index (κ3) is 15.3. The second-order valence-corrected chi connectivity index (χ2v) is 4.68. The molecule has 0 aromatic carbocycles. The number of rotatable bonds is 7. The van der Waals surface area contributed by atoms with E-state index in [9.17, 15) is 9.59 Å². The van der Waals surface area contributed by atoms with Crippen LogP contribution in [0.4, 0.5) is 0 Å². The van der Waals surface area contributed by atoms with E-state index in [1.54, 1.807) is 0 Å². The molecule has 0 fully saturated rings. The zero-order chi connectivity index (χ0) is 13.8. The summed E-state index contributed by atoms with van der Waals surface area (Å²) in [5.74, 6) is 0.859. The Kier molecular flexibility index (Phi) is 12.9. The fourth-order valence-electron chi connectivity index (χ4n) is 1.28. The Morgan fingerprint density at radius 3 is 1.76 bits per heavy atom. The molecule has 0 amide bonds. The molecule has 0 aromatic rings. The molecule has 17 heavy (non-hydrogen) atoms. The van der Waals surface area contributed by atoms with Gasteiger partial charge in [-0.05, 0) is 33.1 Å². The molecule has 0 unspecified atom stereocenters. The number of hydrogen-bond acceptors (Lipinski definition) is 3. The molecule has 0 saturated carbocycles. The van der Waals surface area contributed by atoms with Crippen LogP contribution in [0, 0.1) is 11.8 Å². The first kappa shape index (κ1) is 18.7. The van der Waals surface area contributed by atoms with Gasteiger partial charge in [0.2, 0.25) is 0 Å². The van der Waals surface area contributed by atoms with E-state index in [0.717, 1.165) is 19.6 Å². The Balaban J connectivity index is 0. The lowest BCUT2D eigenvalue weighted by Gasteiger charge is -2.06. The van der Waals surface area contributed by atoms with Gasteiger partial charge >= 0.3 is 0 Å². The summed E-state index contributed by atoms with van der Waals surface area (Å²) in [5, 5.41) is 0. The highest BCUT2D eigenvalue weighted by molar-refractivity contribution is 5.85. The van der Waals surface area contributed by atoms with E-state index < -0.39 is 0 Å². The Bertz CT molecular complexity index is 210. The smallest absolute Gasteiger partial charge is 0.133 e. The van der Waals surface area contributed by atoms with Crippen LogP contribution in [-0.4, -0.2) is 24.8 Å². The summed E-state index contributed by atoms with van der Waals surface area (Å²) in [5.41, 5.74) is 0. The minimum Gasteiger partial charge on any atom is -0.381 e. The molecule has 102 valence electrons. The van der Waals surface area contributed by atoms with Crippen LogP contribution >= 0.6 is 0 Å². The summed E-state index contributed by atoms with van der Waals surface area (Å²) >= 11 is 0. The first-order valence-corrected chi connectivity index (χ1v) is 6.42. The van der Waals surface area contributed by atoms with E-state index in [-0.39, 0.29) is 17.5 Å². The van der Waals surface area contributed by atoms with Crippen LogP contribution in [-0.2, 0) is 14.3 Å². The van der Waals surface area contributed by atoms with Gasteiger partial charge in [-0.25, -0.2) is 0 Å². The van der Waals surface area contributed by atoms with Crippen LogP contribution in [0.3, 0.4) is 0 Å². The fraction of sp³-hybridized carbons (Fsp3) is 0.857. The molecule has 1 atom stereocenters. The van der Waals surface area contributed by atoms with Crippen molar-refractivity contribution in [1.29, 1.82) is 0 Å². The molecule has 0 aliphatic carbocycles. The molecule has 0 N–H and O–H groups in total. The third-order valence-electron chi connectivity index (χ3n) is 2.26. The maximum Gasteiger partial charge on any atom is 0.133 e. The molecular formula is C14H28O3. The molecular weight excluding hydrogens is 216 g/mol. The van der Waals surface area contributed by atoms with Crippen LogP contribution in [0.15, 0.2) is 0 Å². The second kappa shape index (κ2) is 11.8. The number of hydrogen-bond donors (Lipinski definition) is 0. The van der Waals surface area contributed by atoms with Crippen molar-refractivity contribution in [3.05, 3.63) is 0 Å². The average Bonchev–Trinajstić information content (AvgIpc) is 2.23. The Morgan fingerprint density at radius 1 is 1.12 bits per heavy atom. The minimum atomic E-state index is -0.0440. The molecule has 0 aliphatic heterocycles. The molecule has 0 saturated heterocycles. The third-order valence-corrected chi connectivity index (χ3v) is 2.26. The quantitative estimate of drug-likeness (QED) is 0.690. The van der Waals surface area contributed by atoms with Gasteiger partial charge in [0, 0.05) is 25.6 Å². The van der Waals surface area contributed by atoms with Gasteiger partial charge in [0.05, 0.1) is 0 Å². The zero-order valence-corrected chi connectivity index (χ0v) is 12.2. The lowest BCUT2D eigenvalue weighted by Crippen LogP contribution is -2.12. The van der Waals surface area contributed by atoms with E-state index in [1.165, 1.54) is 13.8 Å². The number of Topliss-reactive ketones (excluding diaryl/α,β-unsaturated/α-hetero) is 2. The number of ether oxygens (including phenoxy) is 1. The summed E-state index contributed by atoms with van der Waals surface area (Å²) < 4.78 is 5.09. The van der Waals surface area contributed by atoms with Crippen molar-refractivity contribution in [3.63, 3.8) is 0 Å². The molecule has 0 heterocycles. The standard InChI is InChI=1S/C8H14O2.C6H14O/c1-4-8(7(3)10)5-6(2)9;1-4-7-5-6(2)3/h8H,4-5H2,1-3H3;6H,4-5H2,1-3H3/t8-;/m1./s1. The number of carbonyl (C=O) groups is 2. The highest BCUT2D eigenvalue weighted by atomic mass is 16.5. The highest BCUT2D eigenvalue weighted by Gasteiger charge is 2.12. The predicted molar refractivity (Wildman–Crippen MR) is 71.1 cm³/mol. The van der Waals surface area contributed by atoms with Gasteiger partial charge in [-0.3, -0.25) is 4.79 Å². The van der Waals surface area contributed by atoms with Gasteiger partial charge < -0.3 is 9.53 Å². The van der Waals surface area contributed by atoms with Gasteiger partial charge in [-0.1, -0.05) is 20.8 Å². The molecule has 0 aliphatic rings. The van der Waals surface area contributed by atoms with Crippen LogP contribution in [0.25, 0.3) is 0 Å². The highest BCUT2D eigenvalue weighted by Crippen LogP contribution is 2.09. The Hall–Kier alpha value is -0.700. The van der Waals surface area contributed by atoms with Crippen LogP contribution in [0.5, 0.6) is 0 Å². The molecule has 3 heteroatoms. The lowest BCUT2D eigenvalue weighted by molar-refractivity contribution is -0.125. The Morgan fingerprint density at radius 2 is 1.65 bits per heavy atom. The summed E-state index contributed by atoms with van der Waals surface area (Å²) in [6.45, 7) is 13.0. The van der Waals surface area contributed by atoms with Crippen LogP contribution in [0.2, 0.25) is 0 Å². The maximum atomic E-state index is 10.8. The second-order valence-electron chi connectivity index (χ2n) is 4.68. The summed E-state index contributed by atoms with van der Waals surface area (Å²) in [7, 11) is 0. The van der Waals surface area contributed by atoms with Crippen molar-refractivity contribution in [2.24, 2.45) is 11.8 Å². The zero-order valence-electron chi connectivity index (χ0n) is 12.2. The molecule has 0 radical (unpaired) electrons. The first-order chi connectivity index (χ1) is 7.84. The van der Waals surface area contributed by atoms with Crippen molar-refractivity contribution in [2.45, 2.75) is 54.4 Å². The number of ketones is 2. The SMILES string of the molecule is CCOCC(C)C.CC[C@H](CC(C)=O)C(C)=O. The van der Waals surface area contributed by atoms with Crippen LogP contribution in [0.1, 0.15) is 54.4 Å². The molecule has 3 nitrogen and oxygen atoms in total. The van der Waals surface area contributed by atoms with Crippen LogP contribution < -0.4 is 0 Å². The van der Waals surface area contributed by atoms with Crippen molar-refractivity contribution in [3.8, 4) is 0 Å². The molecule has 0 rings (SSSR count). The molecule has 0 bridgehead atoms. The predicted octanol–water partition coefficient (Wildman–Crippen LogP) is 3.26. The van der Waals surface area contributed by atoms with Gasteiger partial charge in [0.15, 0.2) is 0 Å². The largest absolute Gasteiger partial charge is 0.381 e. The fourth-order valence-corrected chi connectivity index (χ4v) is 1.28. The first-order valence-electron chi connectivity index (χ1n) is 6.42. The molecule has 0 aromatic heterocycles. The van der Waals surface area contributed by atoms with Gasteiger partial charge in [0.25, 0.3) is 0 Å². The van der Waals surface area contributed by atoms with Crippen molar-refractivity contribution in [1.82, 2.24) is 0 Å². The van der Waals surface area contributed by atoms with E-state index in [4.69, 9.17) is 4.74 Å². The van der Waals surface area contributed by atoms with E-state index in [2.05, 4.69) is 13.8 Å². The maximum absolute atomic E-state index is 10.8. The van der Waals surface area contributed by atoms with Crippen molar-refractivity contribution < 1.29 is 14.3 Å². The van der Waals surface area contributed by atoms with Gasteiger partial charge in [0.1, 0.15) is 11.6 Å². The summed E-state index contributed by atoms with van der Waals surface area (Å²) in [6.07, 6.45) is 1.18. The van der Waals surface area contributed by atoms with Crippen molar-refractivity contribution in [2.75, 3.05) is 13.2 Å². The topological polar surface area (TPSA) is 43.4 Å². The van der Waals surface area contributed by atoms with Crippen molar-refractivity contribution >= 4 is 11.6 Å². The van der Waals surface area contributed by atoms with Gasteiger partial charge in [-0.15, -0.1) is 0 Å². The summed E-state index contributed by atoms with van der Waals surface area (Å²) in [4.78, 5) is 21.3. The lowest BCUT2D eigenvalue weighted by atomic mass is 9.96. The normalized spacial score (nSPS) is 11.7. The molecule has 0 spiro atoms. The van der Waals surface area contributed by atoms with E-state index >= 15 is 0 Å². The number of carbonyl (C=O) groups excluding carboxylic acids is 2. The monoisotopic (exact) mass is 244 g/mol. The summed E-state index contributed by atoms with van der Waals surface area (Å²) in [6, 6.07) is 0. The minimum absolute atomic E-state index is 0.0440. The van der Waals surface area contributed by atoms with E-state index in [0.29, 0.717) is 12.3 Å². The Labute approximate surface area is 106 Å². The van der Waals surface area contributed by atoms with E-state index in [1.807, 2.05) is 13.8 Å². The average molecular weight is 244 g/mol.